The zero-order valence-corrected chi connectivity index (χ0v) is 11.8. The first kappa shape index (κ1) is 10.8. The second kappa shape index (κ2) is 5.45. The molecule has 0 aliphatic heterocycles. The summed E-state index contributed by atoms with van der Waals surface area (Å²) in [7, 11) is 0. The fourth-order valence-corrected chi connectivity index (χ4v) is 1.39. The van der Waals surface area contributed by atoms with Crippen molar-refractivity contribution >= 4 is 0 Å². The van der Waals surface area contributed by atoms with Crippen molar-refractivity contribution in [2.24, 2.45) is 11.8 Å². The molecule has 0 bridgehead atoms. The molecule has 0 aromatic heterocycles. The largest absolute Gasteiger partial charge is 1.00 e. The van der Waals surface area contributed by atoms with Gasteiger partial charge in [0.15, 0.2) is 0 Å². The van der Waals surface area contributed by atoms with Crippen LogP contribution in [0.1, 0.15) is 33.1 Å². The van der Waals surface area contributed by atoms with Crippen LogP contribution < -0.4 is 58.2 Å². The van der Waals surface area contributed by atoms with Crippen LogP contribution in [0.5, 0.6) is 0 Å². The first-order valence-electron chi connectivity index (χ1n) is 3.62. The Bertz CT molecular complexity index is 63.0. The molecule has 0 saturated heterocycles. The van der Waals surface area contributed by atoms with Gasteiger partial charge in [-0.15, -0.1) is 0 Å². The second-order valence-electron chi connectivity index (χ2n) is 3.11. The summed E-state index contributed by atoms with van der Waals surface area (Å²) in [5.41, 5.74) is 0. The van der Waals surface area contributed by atoms with E-state index in [2.05, 4.69) is 20.3 Å². The molecule has 9 heavy (non-hydrogen) atoms. The third kappa shape index (κ3) is 3.64. The zero-order valence-electron chi connectivity index (χ0n) is 6.85. The molecule has 0 aromatic rings. The molecule has 1 heteroatoms. The van der Waals surface area contributed by atoms with Crippen LogP contribution in [0.2, 0.25) is 0 Å². The maximum Gasteiger partial charge on any atom is 1.00 e. The average Bonchev–Trinajstić information content (AvgIpc) is 2.12. The number of hydrogen-bond acceptors (Lipinski definition) is 0. The number of rotatable bonds is 1. The predicted molar refractivity (Wildman–Crippen MR) is 36.5 cm³/mol. The summed E-state index contributed by atoms with van der Waals surface area (Å²) in [4.78, 5) is 0. The third-order valence-corrected chi connectivity index (χ3v) is 2.15. The molecule has 1 rings (SSSR count). The molecule has 0 spiro atoms. The minimum atomic E-state index is 0. The van der Waals surface area contributed by atoms with Crippen LogP contribution in [-0.4, -0.2) is 0 Å². The second-order valence-corrected chi connectivity index (χ2v) is 3.11. The van der Waals surface area contributed by atoms with Crippen LogP contribution in [0.15, 0.2) is 0 Å². The molecule has 1 atom stereocenters. The number of hydrogen-bond donors (Lipinski definition) is 0. The molecular formula is C8H15Rb. The van der Waals surface area contributed by atoms with Crippen LogP contribution in [0, 0.1) is 18.3 Å². The Hall–Kier alpha value is 1.81. The van der Waals surface area contributed by atoms with Gasteiger partial charge in [0.25, 0.3) is 0 Å². The summed E-state index contributed by atoms with van der Waals surface area (Å²) in [5, 5.41) is 0. The minimum Gasteiger partial charge on any atom is -0.328 e. The standard InChI is InChI=1S/C8H15.Rb/c1-7(2)8-5-3-4-6-8;/h3,7-8H,4-6H2,1-2H3;/q-1;+1. The van der Waals surface area contributed by atoms with Crippen molar-refractivity contribution in [3.8, 4) is 0 Å². The summed E-state index contributed by atoms with van der Waals surface area (Å²) in [6.45, 7) is 4.65. The summed E-state index contributed by atoms with van der Waals surface area (Å²) < 4.78 is 0. The van der Waals surface area contributed by atoms with Gasteiger partial charge in [-0.05, 0) is 5.92 Å². The first-order valence-corrected chi connectivity index (χ1v) is 3.62. The van der Waals surface area contributed by atoms with E-state index in [9.17, 15) is 0 Å². The monoisotopic (exact) mass is 196 g/mol. The van der Waals surface area contributed by atoms with Crippen molar-refractivity contribution in [1.29, 1.82) is 0 Å². The molecule has 0 nitrogen and oxygen atoms in total. The molecule has 1 unspecified atom stereocenters. The van der Waals surface area contributed by atoms with E-state index >= 15 is 0 Å². The van der Waals surface area contributed by atoms with Crippen LogP contribution in [0.3, 0.4) is 0 Å². The minimum absolute atomic E-state index is 0. The zero-order chi connectivity index (χ0) is 5.98. The van der Waals surface area contributed by atoms with Crippen molar-refractivity contribution < 1.29 is 58.2 Å². The van der Waals surface area contributed by atoms with Gasteiger partial charge < -0.3 is 6.42 Å². The third-order valence-electron chi connectivity index (χ3n) is 2.15. The molecule has 48 valence electrons. The molecule has 1 aliphatic rings. The van der Waals surface area contributed by atoms with E-state index in [1.54, 1.807) is 0 Å². The molecular weight excluding hydrogens is 182 g/mol. The van der Waals surface area contributed by atoms with Gasteiger partial charge in [0.1, 0.15) is 0 Å². The predicted octanol–water partition coefficient (Wildman–Crippen LogP) is -0.349. The normalized spacial score (nSPS) is 26.3. The van der Waals surface area contributed by atoms with E-state index in [1.165, 1.54) is 19.3 Å². The molecule has 1 aliphatic carbocycles. The summed E-state index contributed by atoms with van der Waals surface area (Å²) in [5.74, 6) is 1.92. The van der Waals surface area contributed by atoms with Crippen LogP contribution in [0.25, 0.3) is 0 Å². The molecule has 0 heterocycles. The maximum atomic E-state index is 2.42. The van der Waals surface area contributed by atoms with Gasteiger partial charge in [-0.25, -0.2) is 0 Å². The fourth-order valence-electron chi connectivity index (χ4n) is 1.39. The van der Waals surface area contributed by atoms with E-state index in [4.69, 9.17) is 0 Å². The molecule has 0 aromatic carbocycles. The molecule has 0 amide bonds. The summed E-state index contributed by atoms with van der Waals surface area (Å²) in [6, 6.07) is 0. The van der Waals surface area contributed by atoms with Gasteiger partial charge in [-0.3, -0.25) is 0 Å². The van der Waals surface area contributed by atoms with Gasteiger partial charge in [0.2, 0.25) is 0 Å². The topological polar surface area (TPSA) is 0 Å². The van der Waals surface area contributed by atoms with Crippen molar-refractivity contribution in [1.82, 2.24) is 0 Å². The molecule has 1 saturated carbocycles. The van der Waals surface area contributed by atoms with Crippen molar-refractivity contribution in [3.63, 3.8) is 0 Å². The van der Waals surface area contributed by atoms with E-state index in [1.807, 2.05) is 0 Å². The Labute approximate surface area is 108 Å². The Kier molecular flexibility index (Phi) is 6.55. The van der Waals surface area contributed by atoms with E-state index in [0.29, 0.717) is 0 Å². The summed E-state index contributed by atoms with van der Waals surface area (Å²) in [6.07, 6.45) is 6.60. The first-order chi connectivity index (χ1) is 3.80. The van der Waals surface area contributed by atoms with Gasteiger partial charge in [-0.2, -0.15) is 12.8 Å². The van der Waals surface area contributed by atoms with Gasteiger partial charge in [-0.1, -0.05) is 26.2 Å². The molecule has 1 fully saturated rings. The van der Waals surface area contributed by atoms with E-state index in [0.717, 1.165) is 11.8 Å². The van der Waals surface area contributed by atoms with Crippen LogP contribution in [0.4, 0.5) is 0 Å². The molecule has 0 radical (unpaired) electrons. The van der Waals surface area contributed by atoms with E-state index < -0.39 is 0 Å². The Morgan fingerprint density at radius 3 is 2.33 bits per heavy atom. The quantitative estimate of drug-likeness (QED) is 0.503. The van der Waals surface area contributed by atoms with Crippen molar-refractivity contribution in [2.45, 2.75) is 33.1 Å². The smallest absolute Gasteiger partial charge is 0.328 e. The van der Waals surface area contributed by atoms with Crippen LogP contribution >= 0.6 is 0 Å². The van der Waals surface area contributed by atoms with Gasteiger partial charge >= 0.3 is 58.2 Å². The fraction of sp³-hybridized carbons (Fsp3) is 0.875. The average molecular weight is 197 g/mol. The Morgan fingerprint density at radius 1 is 1.44 bits per heavy atom. The van der Waals surface area contributed by atoms with Gasteiger partial charge in [0.05, 0.1) is 0 Å². The van der Waals surface area contributed by atoms with Crippen molar-refractivity contribution in [3.05, 3.63) is 6.42 Å². The Morgan fingerprint density at radius 2 is 2.11 bits per heavy atom. The Balaban J connectivity index is 0.000000640. The van der Waals surface area contributed by atoms with Gasteiger partial charge in [0, 0.05) is 0 Å². The SMILES string of the molecule is CC(C)C1C[CH-]CC1.[Rb+]. The maximum absolute atomic E-state index is 2.42. The molecule has 0 N–H and O–H groups in total. The summed E-state index contributed by atoms with van der Waals surface area (Å²) >= 11 is 0. The van der Waals surface area contributed by atoms with Crippen LogP contribution in [-0.2, 0) is 0 Å². The van der Waals surface area contributed by atoms with Crippen molar-refractivity contribution in [2.75, 3.05) is 0 Å². The van der Waals surface area contributed by atoms with E-state index in [-0.39, 0.29) is 58.2 Å².